The van der Waals surface area contributed by atoms with Crippen LogP contribution in [-0.2, 0) is 11.2 Å². The second kappa shape index (κ2) is 8.68. The van der Waals surface area contributed by atoms with Crippen molar-refractivity contribution in [3.05, 3.63) is 71.2 Å². The van der Waals surface area contributed by atoms with Crippen molar-refractivity contribution >= 4 is 53.8 Å². The molecule has 1 aromatic carbocycles. The molecule has 0 unspecified atom stereocenters. The van der Waals surface area contributed by atoms with E-state index in [0.717, 1.165) is 35.9 Å². The summed E-state index contributed by atoms with van der Waals surface area (Å²) < 4.78 is 0. The number of aryl methyl sites for hydroxylation is 1. The number of benzene rings is 1. The molecule has 2 aliphatic rings. The molecule has 0 saturated heterocycles. The van der Waals surface area contributed by atoms with Crippen molar-refractivity contribution in [2.75, 3.05) is 0 Å². The van der Waals surface area contributed by atoms with Gasteiger partial charge in [0, 0.05) is 23.3 Å². The van der Waals surface area contributed by atoms with Gasteiger partial charge in [-0.25, -0.2) is 9.98 Å². The third kappa shape index (κ3) is 3.99. The van der Waals surface area contributed by atoms with Crippen molar-refractivity contribution in [1.82, 2.24) is 20.6 Å². The zero-order chi connectivity index (χ0) is 18.2. The number of rotatable bonds is 2. The van der Waals surface area contributed by atoms with Gasteiger partial charge in [-0.2, -0.15) is 0 Å². The van der Waals surface area contributed by atoms with Gasteiger partial charge in [0.2, 0.25) is 5.96 Å². The second-order valence-electron chi connectivity index (χ2n) is 6.88. The molecule has 1 amide bonds. The van der Waals surface area contributed by atoms with E-state index in [-0.39, 0.29) is 36.8 Å². The SMILES string of the molecule is Cl.Cl.O=C1NC(N[C@H]2CCCc3ccccc32)=N/C1=C\c1c[nH]c2ncccc12. The fourth-order valence-corrected chi connectivity index (χ4v) is 3.85. The first-order valence-electron chi connectivity index (χ1n) is 9.16. The molecular formula is C21H21Cl2N5O. The molecule has 5 rings (SSSR count). The number of fused-ring (bicyclic) bond motifs is 2. The quantitative estimate of drug-likeness (QED) is 0.540. The summed E-state index contributed by atoms with van der Waals surface area (Å²) in [5.74, 6) is 0.325. The van der Waals surface area contributed by atoms with E-state index in [9.17, 15) is 4.79 Å². The normalized spacial score (nSPS) is 19.0. The van der Waals surface area contributed by atoms with E-state index in [1.165, 1.54) is 11.1 Å². The lowest BCUT2D eigenvalue weighted by Gasteiger charge is -2.26. The van der Waals surface area contributed by atoms with Gasteiger partial charge >= 0.3 is 0 Å². The molecule has 0 spiro atoms. The highest BCUT2D eigenvalue weighted by Gasteiger charge is 2.25. The summed E-state index contributed by atoms with van der Waals surface area (Å²) in [4.78, 5) is 24.3. The number of guanidine groups is 1. The Morgan fingerprint density at radius 3 is 2.90 bits per heavy atom. The van der Waals surface area contributed by atoms with Crippen LogP contribution in [0.1, 0.15) is 35.6 Å². The van der Waals surface area contributed by atoms with Crippen molar-refractivity contribution in [2.45, 2.75) is 25.3 Å². The standard InChI is InChI=1S/C21H19N5O.2ClH/c27-20-18(11-14-12-23-19-16(14)8-4-10-22-19)25-21(26-20)24-17-9-3-6-13-5-1-2-7-15(13)17;;/h1-2,4-5,7-8,10-12,17H,3,6,9H2,(H,22,23)(H2,24,25,26,27);2*1H/b18-11-;;/t17-;;/m0../s1. The number of pyridine rings is 1. The zero-order valence-corrected chi connectivity index (χ0v) is 17.1. The first-order valence-corrected chi connectivity index (χ1v) is 9.16. The summed E-state index contributed by atoms with van der Waals surface area (Å²) >= 11 is 0. The fraction of sp³-hybridized carbons (Fsp3) is 0.190. The smallest absolute Gasteiger partial charge is 0.276 e. The van der Waals surface area contributed by atoms with Crippen LogP contribution < -0.4 is 10.6 Å². The maximum atomic E-state index is 12.4. The Bertz CT molecular complexity index is 1110. The van der Waals surface area contributed by atoms with Crippen LogP contribution in [0.5, 0.6) is 0 Å². The van der Waals surface area contributed by atoms with Crippen LogP contribution >= 0.6 is 24.8 Å². The Kier molecular flexibility index (Phi) is 6.25. The van der Waals surface area contributed by atoms with Crippen molar-refractivity contribution in [3.63, 3.8) is 0 Å². The largest absolute Gasteiger partial charge is 0.349 e. The fourth-order valence-electron chi connectivity index (χ4n) is 3.85. The Morgan fingerprint density at radius 1 is 1.14 bits per heavy atom. The molecule has 0 radical (unpaired) electrons. The molecular weight excluding hydrogens is 409 g/mol. The van der Waals surface area contributed by atoms with Crippen LogP contribution in [0.3, 0.4) is 0 Å². The Morgan fingerprint density at radius 2 is 2.00 bits per heavy atom. The minimum absolute atomic E-state index is 0. The van der Waals surface area contributed by atoms with Crippen LogP contribution in [-0.4, -0.2) is 21.8 Å². The zero-order valence-electron chi connectivity index (χ0n) is 15.5. The Balaban J connectivity index is 0.00000120. The third-order valence-electron chi connectivity index (χ3n) is 5.15. The number of aromatic nitrogens is 2. The number of aromatic amines is 1. The van der Waals surface area contributed by atoms with Gasteiger partial charge in [0.1, 0.15) is 11.3 Å². The van der Waals surface area contributed by atoms with E-state index in [1.807, 2.05) is 18.3 Å². The number of carbonyl (C=O) groups excluding carboxylic acids is 1. The van der Waals surface area contributed by atoms with Crippen molar-refractivity contribution in [3.8, 4) is 0 Å². The highest BCUT2D eigenvalue weighted by atomic mass is 35.5. The van der Waals surface area contributed by atoms with Crippen molar-refractivity contribution in [1.29, 1.82) is 0 Å². The highest BCUT2D eigenvalue weighted by Crippen LogP contribution is 2.29. The number of hydrogen-bond donors (Lipinski definition) is 3. The second-order valence-corrected chi connectivity index (χ2v) is 6.88. The number of nitrogens with one attached hydrogen (secondary N) is 3. The maximum Gasteiger partial charge on any atom is 0.276 e. The summed E-state index contributed by atoms with van der Waals surface area (Å²) in [6, 6.07) is 12.5. The molecule has 0 fully saturated rings. The molecule has 6 nitrogen and oxygen atoms in total. The summed E-state index contributed by atoms with van der Waals surface area (Å²) in [5, 5.41) is 7.22. The van der Waals surface area contributed by atoms with Crippen molar-refractivity contribution < 1.29 is 4.79 Å². The van der Waals surface area contributed by atoms with Crippen molar-refractivity contribution in [2.24, 2.45) is 4.99 Å². The van der Waals surface area contributed by atoms with Crippen LogP contribution in [0.25, 0.3) is 17.1 Å². The topological polar surface area (TPSA) is 82.2 Å². The lowest BCUT2D eigenvalue weighted by Crippen LogP contribution is -2.39. The average Bonchev–Trinajstić information content (AvgIpc) is 3.26. The van der Waals surface area contributed by atoms with Gasteiger partial charge in [-0.1, -0.05) is 24.3 Å². The first-order chi connectivity index (χ1) is 13.3. The van der Waals surface area contributed by atoms with Gasteiger partial charge < -0.3 is 10.3 Å². The molecule has 29 heavy (non-hydrogen) atoms. The minimum atomic E-state index is -0.195. The predicted molar refractivity (Wildman–Crippen MR) is 119 cm³/mol. The van der Waals surface area contributed by atoms with Crippen LogP contribution in [0.2, 0.25) is 0 Å². The van der Waals surface area contributed by atoms with E-state index >= 15 is 0 Å². The molecule has 3 N–H and O–H groups in total. The number of hydrogen-bond acceptors (Lipinski definition) is 4. The van der Waals surface area contributed by atoms with E-state index in [4.69, 9.17) is 0 Å². The average molecular weight is 430 g/mol. The van der Waals surface area contributed by atoms with Gasteiger partial charge in [-0.15, -0.1) is 24.8 Å². The van der Waals surface area contributed by atoms with E-state index in [1.54, 1.807) is 12.3 Å². The summed E-state index contributed by atoms with van der Waals surface area (Å²) in [5.41, 5.74) is 4.75. The molecule has 3 aromatic rings. The summed E-state index contributed by atoms with van der Waals surface area (Å²) in [6.45, 7) is 0. The lowest BCUT2D eigenvalue weighted by molar-refractivity contribution is -0.115. The van der Waals surface area contributed by atoms with Gasteiger partial charge in [0.05, 0.1) is 6.04 Å². The Hall–Kier alpha value is -2.83. The molecule has 150 valence electrons. The molecule has 1 aliphatic heterocycles. The first kappa shape index (κ1) is 20.9. The molecule has 8 heteroatoms. The van der Waals surface area contributed by atoms with Crippen LogP contribution in [0, 0.1) is 0 Å². The third-order valence-corrected chi connectivity index (χ3v) is 5.15. The summed E-state index contributed by atoms with van der Waals surface area (Å²) in [7, 11) is 0. The summed E-state index contributed by atoms with van der Waals surface area (Å²) in [6.07, 6.45) is 8.63. The number of H-pyrrole nitrogens is 1. The predicted octanol–water partition coefficient (Wildman–Crippen LogP) is 3.90. The molecule has 1 atom stereocenters. The van der Waals surface area contributed by atoms with E-state index in [2.05, 4.69) is 49.9 Å². The molecule has 0 saturated carbocycles. The van der Waals surface area contributed by atoms with Crippen LogP contribution in [0.15, 0.2) is 59.5 Å². The number of nitrogens with zero attached hydrogens (tertiary/aromatic N) is 2. The number of aliphatic imine (C=N–C) groups is 1. The number of carbonyl (C=O) groups is 1. The number of halogens is 2. The van der Waals surface area contributed by atoms with Gasteiger partial charge in [0.25, 0.3) is 5.91 Å². The Labute approximate surface area is 180 Å². The molecule has 2 aromatic heterocycles. The molecule has 3 heterocycles. The van der Waals surface area contributed by atoms with Gasteiger partial charge in [-0.3, -0.25) is 10.1 Å². The lowest BCUT2D eigenvalue weighted by atomic mass is 9.88. The molecule has 1 aliphatic carbocycles. The highest BCUT2D eigenvalue weighted by molar-refractivity contribution is 6.14. The minimum Gasteiger partial charge on any atom is -0.349 e. The van der Waals surface area contributed by atoms with E-state index < -0.39 is 0 Å². The maximum absolute atomic E-state index is 12.4. The monoisotopic (exact) mass is 429 g/mol. The molecule has 0 bridgehead atoms. The van der Waals surface area contributed by atoms with E-state index in [0.29, 0.717) is 11.7 Å². The number of amides is 1. The van der Waals surface area contributed by atoms with Gasteiger partial charge in [-0.05, 0) is 48.6 Å². The van der Waals surface area contributed by atoms with Crippen LogP contribution in [0.4, 0.5) is 0 Å². The van der Waals surface area contributed by atoms with Gasteiger partial charge in [0.15, 0.2) is 0 Å².